The molecule has 0 aromatic carbocycles. The van der Waals surface area contributed by atoms with Crippen molar-refractivity contribution < 1.29 is 4.74 Å². The minimum atomic E-state index is 0.420. The van der Waals surface area contributed by atoms with E-state index in [1.807, 2.05) is 0 Å². The molecule has 96 valence electrons. The van der Waals surface area contributed by atoms with E-state index in [9.17, 15) is 0 Å². The van der Waals surface area contributed by atoms with Gasteiger partial charge in [0.05, 0.1) is 24.7 Å². The molecule has 0 radical (unpaired) electrons. The molecule has 0 amide bonds. The van der Waals surface area contributed by atoms with Crippen LogP contribution in [0.15, 0.2) is 12.4 Å². The second kappa shape index (κ2) is 7.19. The van der Waals surface area contributed by atoms with Crippen molar-refractivity contribution in [3.63, 3.8) is 0 Å². The molecule has 0 aliphatic carbocycles. The number of hydrogen-bond acceptors (Lipinski definition) is 5. The summed E-state index contributed by atoms with van der Waals surface area (Å²) in [7, 11) is 1.71. The molecule has 1 unspecified atom stereocenters. The van der Waals surface area contributed by atoms with Crippen LogP contribution in [-0.2, 0) is 11.3 Å². The van der Waals surface area contributed by atoms with E-state index in [0.29, 0.717) is 19.2 Å². The summed E-state index contributed by atoms with van der Waals surface area (Å²) < 4.78 is 5.12. The predicted octanol–water partition coefficient (Wildman–Crippen LogP) is 1.19. The summed E-state index contributed by atoms with van der Waals surface area (Å²) in [4.78, 5) is 10.9. The van der Waals surface area contributed by atoms with Gasteiger partial charge in [-0.1, -0.05) is 6.92 Å². The van der Waals surface area contributed by atoms with Gasteiger partial charge in [-0.2, -0.15) is 0 Å². The lowest BCUT2D eigenvalue weighted by molar-refractivity contribution is 0.203. The van der Waals surface area contributed by atoms with Gasteiger partial charge in [-0.15, -0.1) is 0 Å². The highest BCUT2D eigenvalue weighted by molar-refractivity contribution is 5.37. The molecule has 5 nitrogen and oxygen atoms in total. The van der Waals surface area contributed by atoms with Crippen LogP contribution in [0.3, 0.4) is 0 Å². The van der Waals surface area contributed by atoms with Gasteiger partial charge in [0.1, 0.15) is 5.82 Å². The molecule has 1 heterocycles. The molecule has 0 aliphatic heterocycles. The summed E-state index contributed by atoms with van der Waals surface area (Å²) in [5, 5.41) is 0. The number of anilines is 1. The van der Waals surface area contributed by atoms with Crippen molar-refractivity contribution in [1.29, 1.82) is 0 Å². The van der Waals surface area contributed by atoms with Crippen molar-refractivity contribution in [3.8, 4) is 0 Å². The van der Waals surface area contributed by atoms with Gasteiger partial charge in [0, 0.05) is 26.2 Å². The van der Waals surface area contributed by atoms with Gasteiger partial charge < -0.3 is 15.4 Å². The molecular formula is C12H22N4O. The monoisotopic (exact) mass is 238 g/mol. The summed E-state index contributed by atoms with van der Waals surface area (Å²) in [5.41, 5.74) is 6.32. The van der Waals surface area contributed by atoms with Crippen LogP contribution < -0.4 is 10.6 Å². The predicted molar refractivity (Wildman–Crippen MR) is 68.9 cm³/mol. The third kappa shape index (κ3) is 3.94. The molecule has 0 saturated carbocycles. The first-order valence-corrected chi connectivity index (χ1v) is 5.99. The van der Waals surface area contributed by atoms with E-state index in [0.717, 1.165) is 24.5 Å². The SMILES string of the molecule is CCC(C)N(CCOC)c1cnc(CN)cn1. The average Bonchev–Trinajstić information content (AvgIpc) is 2.39. The topological polar surface area (TPSA) is 64.3 Å². The van der Waals surface area contributed by atoms with Crippen LogP contribution in [-0.4, -0.2) is 36.3 Å². The third-order valence-electron chi connectivity index (χ3n) is 2.85. The molecule has 17 heavy (non-hydrogen) atoms. The first-order valence-electron chi connectivity index (χ1n) is 5.99. The Morgan fingerprint density at radius 2 is 2.18 bits per heavy atom. The average molecular weight is 238 g/mol. The Kier molecular flexibility index (Phi) is 5.86. The fourth-order valence-corrected chi connectivity index (χ4v) is 1.57. The number of hydrogen-bond donors (Lipinski definition) is 1. The second-order valence-corrected chi connectivity index (χ2v) is 4.01. The molecule has 5 heteroatoms. The molecule has 2 N–H and O–H groups in total. The molecule has 1 aromatic heterocycles. The van der Waals surface area contributed by atoms with Crippen LogP contribution in [0.4, 0.5) is 5.82 Å². The largest absolute Gasteiger partial charge is 0.383 e. The fourth-order valence-electron chi connectivity index (χ4n) is 1.57. The van der Waals surface area contributed by atoms with E-state index in [1.165, 1.54) is 0 Å². The fraction of sp³-hybridized carbons (Fsp3) is 0.667. The zero-order valence-corrected chi connectivity index (χ0v) is 10.9. The lowest BCUT2D eigenvalue weighted by Crippen LogP contribution is -2.36. The van der Waals surface area contributed by atoms with Crippen LogP contribution in [0.5, 0.6) is 0 Å². The van der Waals surface area contributed by atoms with Gasteiger partial charge in [0.15, 0.2) is 0 Å². The highest BCUT2D eigenvalue weighted by Crippen LogP contribution is 2.14. The van der Waals surface area contributed by atoms with E-state index < -0.39 is 0 Å². The standard InChI is InChI=1S/C12H22N4O/c1-4-10(2)16(5-6-17-3)12-9-14-11(7-13)8-15-12/h8-10H,4-7,13H2,1-3H3. The minimum absolute atomic E-state index is 0.420. The number of aromatic nitrogens is 2. The number of ether oxygens (including phenoxy) is 1. The van der Waals surface area contributed by atoms with Gasteiger partial charge >= 0.3 is 0 Å². The first kappa shape index (κ1) is 13.9. The molecule has 0 bridgehead atoms. The maximum absolute atomic E-state index is 5.51. The van der Waals surface area contributed by atoms with Gasteiger partial charge in [0.2, 0.25) is 0 Å². The van der Waals surface area contributed by atoms with Crippen LogP contribution in [0.25, 0.3) is 0 Å². The van der Waals surface area contributed by atoms with Crippen molar-refractivity contribution >= 4 is 5.82 Å². The number of rotatable bonds is 7. The molecule has 1 atom stereocenters. The van der Waals surface area contributed by atoms with E-state index in [-0.39, 0.29) is 0 Å². The van der Waals surface area contributed by atoms with E-state index in [2.05, 4.69) is 28.7 Å². The van der Waals surface area contributed by atoms with E-state index in [1.54, 1.807) is 19.5 Å². The summed E-state index contributed by atoms with van der Waals surface area (Å²) >= 11 is 0. The quantitative estimate of drug-likeness (QED) is 0.773. The van der Waals surface area contributed by atoms with E-state index in [4.69, 9.17) is 10.5 Å². The zero-order chi connectivity index (χ0) is 12.7. The minimum Gasteiger partial charge on any atom is -0.383 e. The highest BCUT2D eigenvalue weighted by atomic mass is 16.5. The number of methoxy groups -OCH3 is 1. The van der Waals surface area contributed by atoms with Crippen molar-refractivity contribution in [2.75, 3.05) is 25.2 Å². The second-order valence-electron chi connectivity index (χ2n) is 4.01. The summed E-state index contributed by atoms with van der Waals surface area (Å²) in [5.74, 6) is 0.883. The van der Waals surface area contributed by atoms with Crippen molar-refractivity contribution in [1.82, 2.24) is 9.97 Å². The summed E-state index contributed by atoms with van der Waals surface area (Å²) in [6, 6.07) is 0.420. The third-order valence-corrected chi connectivity index (χ3v) is 2.85. The van der Waals surface area contributed by atoms with Crippen molar-refractivity contribution in [2.24, 2.45) is 5.73 Å². The smallest absolute Gasteiger partial charge is 0.147 e. The Hall–Kier alpha value is -1.20. The van der Waals surface area contributed by atoms with Crippen molar-refractivity contribution in [2.45, 2.75) is 32.9 Å². The zero-order valence-electron chi connectivity index (χ0n) is 10.9. The lowest BCUT2D eigenvalue weighted by Gasteiger charge is -2.29. The number of nitrogens with zero attached hydrogens (tertiary/aromatic N) is 3. The van der Waals surface area contributed by atoms with Crippen LogP contribution in [0.2, 0.25) is 0 Å². The number of nitrogens with two attached hydrogens (primary N) is 1. The molecule has 0 aliphatic rings. The Labute approximate surface area is 103 Å². The maximum Gasteiger partial charge on any atom is 0.147 e. The Morgan fingerprint density at radius 1 is 1.41 bits per heavy atom. The highest BCUT2D eigenvalue weighted by Gasteiger charge is 2.14. The Bertz CT molecular complexity index is 315. The first-order chi connectivity index (χ1) is 8.22. The van der Waals surface area contributed by atoms with Gasteiger partial charge in [0.25, 0.3) is 0 Å². The Morgan fingerprint density at radius 3 is 2.65 bits per heavy atom. The van der Waals surface area contributed by atoms with E-state index >= 15 is 0 Å². The summed E-state index contributed by atoms with van der Waals surface area (Å²) in [6.45, 7) is 6.27. The van der Waals surface area contributed by atoms with Gasteiger partial charge in [-0.3, -0.25) is 4.98 Å². The van der Waals surface area contributed by atoms with Gasteiger partial charge in [-0.05, 0) is 13.3 Å². The van der Waals surface area contributed by atoms with Crippen LogP contribution in [0, 0.1) is 0 Å². The lowest BCUT2D eigenvalue weighted by atomic mass is 10.2. The van der Waals surface area contributed by atoms with Gasteiger partial charge in [-0.25, -0.2) is 4.98 Å². The van der Waals surface area contributed by atoms with Crippen LogP contribution >= 0.6 is 0 Å². The molecule has 1 rings (SSSR count). The normalized spacial score (nSPS) is 12.5. The Balaban J connectivity index is 2.79. The molecule has 0 fully saturated rings. The summed E-state index contributed by atoms with van der Waals surface area (Å²) in [6.07, 6.45) is 4.57. The molecular weight excluding hydrogens is 216 g/mol. The van der Waals surface area contributed by atoms with Crippen LogP contribution in [0.1, 0.15) is 26.0 Å². The molecule has 0 saturated heterocycles. The maximum atomic E-state index is 5.51. The molecule has 0 spiro atoms. The molecule has 1 aromatic rings. The van der Waals surface area contributed by atoms with Crippen molar-refractivity contribution in [3.05, 3.63) is 18.1 Å².